The van der Waals surface area contributed by atoms with Gasteiger partial charge in [0, 0.05) is 18.0 Å². The van der Waals surface area contributed by atoms with Crippen molar-refractivity contribution in [1.82, 2.24) is 9.97 Å². The molecule has 0 N–H and O–H groups in total. The zero-order chi connectivity index (χ0) is 11.5. The number of methoxy groups -OCH3 is 1. The second-order valence-corrected chi connectivity index (χ2v) is 4.23. The van der Waals surface area contributed by atoms with E-state index in [2.05, 4.69) is 14.7 Å². The van der Waals surface area contributed by atoms with Gasteiger partial charge in [-0.25, -0.2) is 9.78 Å². The molecule has 0 amide bonds. The number of rotatable bonds is 2. The van der Waals surface area contributed by atoms with E-state index >= 15 is 0 Å². The highest BCUT2D eigenvalue weighted by molar-refractivity contribution is 7.17. The number of nitrogens with zero attached hydrogens (tertiary/aromatic N) is 2. The van der Waals surface area contributed by atoms with Crippen molar-refractivity contribution in [2.45, 2.75) is 0 Å². The number of hydrogen-bond donors (Lipinski definition) is 0. The number of carbonyl (C=O) groups excluding carboxylic acids is 1. The first-order chi connectivity index (χ1) is 7.72. The third kappa shape index (κ3) is 2.05. The highest BCUT2D eigenvalue weighted by Gasteiger charge is 2.17. The van der Waals surface area contributed by atoms with Gasteiger partial charge in [0.15, 0.2) is 10.0 Å². The van der Waals surface area contributed by atoms with Crippen molar-refractivity contribution < 1.29 is 9.53 Å². The molecule has 2 aromatic rings. The van der Waals surface area contributed by atoms with E-state index in [0.717, 1.165) is 5.56 Å². The summed E-state index contributed by atoms with van der Waals surface area (Å²) in [6.45, 7) is 0. The van der Waals surface area contributed by atoms with Crippen LogP contribution in [0.25, 0.3) is 10.6 Å². The summed E-state index contributed by atoms with van der Waals surface area (Å²) in [6.07, 6.45) is 3.33. The van der Waals surface area contributed by atoms with Crippen molar-refractivity contribution in [3.8, 4) is 10.6 Å². The van der Waals surface area contributed by atoms with Crippen molar-refractivity contribution in [2.24, 2.45) is 0 Å². The first-order valence-corrected chi connectivity index (χ1v) is 5.57. The predicted octanol–water partition coefficient (Wildman–Crippen LogP) is 2.65. The fourth-order valence-corrected chi connectivity index (χ4v) is 2.33. The maximum absolute atomic E-state index is 11.3. The zero-order valence-corrected chi connectivity index (χ0v) is 9.88. The fourth-order valence-electron chi connectivity index (χ4n) is 1.13. The van der Waals surface area contributed by atoms with Gasteiger partial charge in [-0.15, -0.1) is 11.3 Å². The Morgan fingerprint density at radius 3 is 3.00 bits per heavy atom. The minimum Gasteiger partial charge on any atom is -0.465 e. The number of carbonyl (C=O) groups is 1. The monoisotopic (exact) mass is 254 g/mol. The standard InChI is InChI=1S/C10H7ClN2O2S/c1-15-10(14)7-8(11)13-9(16-7)6-3-2-4-12-5-6/h2-5H,1H3. The third-order valence-corrected chi connectivity index (χ3v) is 3.34. The molecule has 2 aromatic heterocycles. The topological polar surface area (TPSA) is 52.1 Å². The molecular formula is C10H7ClN2O2S. The lowest BCUT2D eigenvalue weighted by Crippen LogP contribution is -1.98. The van der Waals surface area contributed by atoms with Crippen molar-refractivity contribution in [1.29, 1.82) is 0 Å². The van der Waals surface area contributed by atoms with Crippen LogP contribution in [0.4, 0.5) is 0 Å². The molecule has 82 valence electrons. The van der Waals surface area contributed by atoms with Crippen LogP contribution in [0.5, 0.6) is 0 Å². The summed E-state index contributed by atoms with van der Waals surface area (Å²) in [5, 5.41) is 0.814. The van der Waals surface area contributed by atoms with Gasteiger partial charge >= 0.3 is 5.97 Å². The van der Waals surface area contributed by atoms with Crippen molar-refractivity contribution in [2.75, 3.05) is 7.11 Å². The van der Waals surface area contributed by atoms with Gasteiger partial charge in [0.05, 0.1) is 7.11 Å². The molecule has 0 saturated heterocycles. The van der Waals surface area contributed by atoms with E-state index in [0.29, 0.717) is 9.88 Å². The van der Waals surface area contributed by atoms with Crippen LogP contribution in [0.15, 0.2) is 24.5 Å². The molecule has 0 atom stereocenters. The van der Waals surface area contributed by atoms with Gasteiger partial charge in [-0.1, -0.05) is 11.6 Å². The Bertz CT molecular complexity index is 513. The van der Waals surface area contributed by atoms with Crippen LogP contribution in [0.2, 0.25) is 5.15 Å². The Balaban J connectivity index is 2.42. The van der Waals surface area contributed by atoms with Crippen LogP contribution in [0.3, 0.4) is 0 Å². The molecule has 16 heavy (non-hydrogen) atoms. The van der Waals surface area contributed by atoms with Gasteiger partial charge in [-0.05, 0) is 12.1 Å². The molecule has 0 fully saturated rings. The molecule has 0 unspecified atom stereocenters. The van der Waals surface area contributed by atoms with Crippen molar-refractivity contribution >= 4 is 28.9 Å². The first kappa shape index (κ1) is 11.0. The molecule has 0 aromatic carbocycles. The highest BCUT2D eigenvalue weighted by atomic mass is 35.5. The molecular weight excluding hydrogens is 248 g/mol. The molecule has 4 nitrogen and oxygen atoms in total. The summed E-state index contributed by atoms with van der Waals surface area (Å²) in [7, 11) is 1.31. The maximum atomic E-state index is 11.3. The van der Waals surface area contributed by atoms with Crippen LogP contribution in [0, 0.1) is 0 Å². The quantitative estimate of drug-likeness (QED) is 0.773. The number of hydrogen-bond acceptors (Lipinski definition) is 5. The zero-order valence-electron chi connectivity index (χ0n) is 8.31. The van der Waals surface area contributed by atoms with E-state index in [1.165, 1.54) is 18.4 Å². The lowest BCUT2D eigenvalue weighted by molar-refractivity contribution is 0.0606. The molecule has 0 aliphatic carbocycles. The molecule has 6 heteroatoms. The predicted molar refractivity (Wildman–Crippen MR) is 61.7 cm³/mol. The second kappa shape index (κ2) is 4.59. The summed E-state index contributed by atoms with van der Waals surface area (Å²) >= 11 is 7.03. The SMILES string of the molecule is COC(=O)c1sc(-c2cccnc2)nc1Cl. The Hall–Kier alpha value is -1.46. The van der Waals surface area contributed by atoms with Gasteiger partial charge in [0.25, 0.3) is 0 Å². The van der Waals surface area contributed by atoms with Crippen LogP contribution >= 0.6 is 22.9 Å². The number of halogens is 1. The van der Waals surface area contributed by atoms with Gasteiger partial charge < -0.3 is 4.74 Å². The van der Waals surface area contributed by atoms with E-state index in [1.807, 2.05) is 6.07 Å². The lowest BCUT2D eigenvalue weighted by Gasteiger charge is -1.93. The normalized spacial score (nSPS) is 10.1. The second-order valence-electron chi connectivity index (χ2n) is 2.87. The Morgan fingerprint density at radius 2 is 2.38 bits per heavy atom. The van der Waals surface area contributed by atoms with Gasteiger partial charge in [-0.3, -0.25) is 4.98 Å². The number of esters is 1. The molecule has 0 aliphatic heterocycles. The fraction of sp³-hybridized carbons (Fsp3) is 0.100. The molecule has 2 rings (SSSR count). The lowest BCUT2D eigenvalue weighted by atomic mass is 10.3. The van der Waals surface area contributed by atoms with Gasteiger partial charge in [0.1, 0.15) is 5.01 Å². The van der Waals surface area contributed by atoms with Gasteiger partial charge in [0.2, 0.25) is 0 Å². The Kier molecular flexibility index (Phi) is 3.17. The number of thiazole rings is 1. The minimum atomic E-state index is -0.474. The smallest absolute Gasteiger partial charge is 0.351 e. The molecule has 2 heterocycles. The number of aromatic nitrogens is 2. The van der Waals surface area contributed by atoms with Gasteiger partial charge in [-0.2, -0.15) is 0 Å². The van der Waals surface area contributed by atoms with E-state index < -0.39 is 5.97 Å². The molecule has 0 aliphatic rings. The number of ether oxygens (including phenoxy) is 1. The van der Waals surface area contributed by atoms with Crippen molar-refractivity contribution in [3.63, 3.8) is 0 Å². The summed E-state index contributed by atoms with van der Waals surface area (Å²) in [4.78, 5) is 19.7. The molecule has 0 radical (unpaired) electrons. The molecule has 0 bridgehead atoms. The first-order valence-electron chi connectivity index (χ1n) is 4.37. The summed E-state index contributed by atoms with van der Waals surface area (Å²) in [5.74, 6) is -0.474. The van der Waals surface area contributed by atoms with E-state index in [1.54, 1.807) is 18.5 Å². The summed E-state index contributed by atoms with van der Waals surface area (Å²) in [6, 6.07) is 3.64. The Morgan fingerprint density at radius 1 is 1.56 bits per heavy atom. The van der Waals surface area contributed by atoms with E-state index in [-0.39, 0.29) is 5.15 Å². The summed E-state index contributed by atoms with van der Waals surface area (Å²) in [5.41, 5.74) is 0.824. The van der Waals surface area contributed by atoms with Crippen LogP contribution in [0.1, 0.15) is 9.67 Å². The average molecular weight is 255 g/mol. The number of pyridine rings is 1. The summed E-state index contributed by atoms with van der Waals surface area (Å²) < 4.78 is 4.60. The third-order valence-electron chi connectivity index (χ3n) is 1.87. The van der Waals surface area contributed by atoms with Crippen LogP contribution < -0.4 is 0 Å². The molecule has 0 saturated carbocycles. The minimum absolute atomic E-state index is 0.163. The van der Waals surface area contributed by atoms with Crippen LogP contribution in [-0.2, 0) is 4.74 Å². The van der Waals surface area contributed by atoms with Crippen molar-refractivity contribution in [3.05, 3.63) is 34.6 Å². The maximum Gasteiger partial charge on any atom is 0.351 e. The van der Waals surface area contributed by atoms with Crippen LogP contribution in [-0.4, -0.2) is 23.0 Å². The molecule has 0 spiro atoms. The van der Waals surface area contributed by atoms with E-state index in [9.17, 15) is 4.79 Å². The van der Waals surface area contributed by atoms with E-state index in [4.69, 9.17) is 11.6 Å². The average Bonchev–Trinajstić information content (AvgIpc) is 2.71. The largest absolute Gasteiger partial charge is 0.465 e. The highest BCUT2D eigenvalue weighted by Crippen LogP contribution is 2.30. The Labute approximate surface area is 101 Å².